The third kappa shape index (κ3) is 6.17. The third-order valence-corrected chi connectivity index (χ3v) is 8.89. The molecule has 4 fully saturated rings. The molecule has 216 valence electrons. The Hall–Kier alpha value is -1.79. The zero-order valence-corrected chi connectivity index (χ0v) is 24.1. The first-order valence-corrected chi connectivity index (χ1v) is 14.5. The van der Waals surface area contributed by atoms with Crippen LogP contribution in [-0.2, 0) is 14.4 Å². The topological polar surface area (TPSA) is 108 Å². The summed E-state index contributed by atoms with van der Waals surface area (Å²) in [6.45, 7) is 14.9. The molecule has 0 saturated carbocycles. The van der Waals surface area contributed by atoms with Gasteiger partial charge in [0.25, 0.3) is 0 Å². The molecule has 38 heavy (non-hydrogen) atoms. The lowest BCUT2D eigenvalue weighted by Gasteiger charge is -2.46. The van der Waals surface area contributed by atoms with Crippen molar-refractivity contribution in [3.63, 3.8) is 0 Å². The van der Waals surface area contributed by atoms with Crippen LogP contribution < -0.4 is 10.7 Å². The Labute approximate surface area is 228 Å². The molecule has 0 aromatic carbocycles. The number of aliphatic hydroxyl groups excluding tert-OH is 1. The molecule has 3 N–H and O–H groups in total. The maximum Gasteiger partial charge on any atom is 0.246 e. The van der Waals surface area contributed by atoms with Gasteiger partial charge in [-0.1, -0.05) is 20.8 Å². The number of nitrogens with zero attached hydrogens (tertiary/aromatic N) is 5. The molecule has 4 atom stereocenters. The monoisotopic (exact) mass is 536 g/mol. The minimum atomic E-state index is -0.693. The van der Waals surface area contributed by atoms with Gasteiger partial charge < -0.3 is 20.2 Å². The average Bonchev–Trinajstić information content (AvgIpc) is 3.30. The summed E-state index contributed by atoms with van der Waals surface area (Å²) in [5, 5.41) is 15.5. The fourth-order valence-electron chi connectivity index (χ4n) is 6.99. The lowest BCUT2D eigenvalue weighted by molar-refractivity contribution is -1.06. The molecule has 3 amide bonds. The average molecular weight is 537 g/mol. The van der Waals surface area contributed by atoms with E-state index in [1.54, 1.807) is 18.9 Å². The standard InChI is InChI=1S/C27H49N7O4/c1-20(35)31-12-10-30(11-13-31)17-21-18-33(34(29-21)14-8-6-7-9-15-34)24(27(2,3)4)26(38)32-19-22(36)16-23(32)25(37)28-5/h21-24,29,36H,6-19H2,1-5H3/p+1/t21?,22-,23+,24-/m1/s1. The van der Waals surface area contributed by atoms with Crippen molar-refractivity contribution >= 4 is 17.7 Å². The Morgan fingerprint density at radius 1 is 1.03 bits per heavy atom. The molecule has 0 aliphatic carbocycles. The molecule has 4 rings (SSSR count). The molecule has 0 radical (unpaired) electrons. The Balaban J connectivity index is 1.59. The highest BCUT2D eigenvalue weighted by molar-refractivity contribution is 5.90. The second kappa shape index (κ2) is 11.8. The summed E-state index contributed by atoms with van der Waals surface area (Å²) in [6.07, 6.45) is 4.16. The number of hydrogen-bond donors (Lipinski definition) is 3. The normalized spacial score (nSPS) is 29.9. The lowest BCUT2D eigenvalue weighted by Crippen LogP contribution is -2.70. The van der Waals surface area contributed by atoms with Crippen molar-refractivity contribution in [3.05, 3.63) is 0 Å². The maximum atomic E-state index is 14.4. The number of likely N-dealkylation sites (N-methyl/N-ethyl adjacent to an activating group) is 1. The summed E-state index contributed by atoms with van der Waals surface area (Å²) in [7, 11) is 1.58. The molecule has 0 aromatic rings. The van der Waals surface area contributed by atoms with Crippen LogP contribution in [0.3, 0.4) is 0 Å². The molecule has 11 nitrogen and oxygen atoms in total. The summed E-state index contributed by atoms with van der Waals surface area (Å²) in [6, 6.07) is -0.896. The largest absolute Gasteiger partial charge is 0.391 e. The molecular weight excluding hydrogens is 486 g/mol. The molecule has 4 saturated heterocycles. The number of rotatable bonds is 5. The van der Waals surface area contributed by atoms with Crippen molar-refractivity contribution in [3.8, 4) is 0 Å². The molecule has 4 aliphatic rings. The zero-order valence-electron chi connectivity index (χ0n) is 24.1. The number of β-amino-alcohol motifs (C(OH)–C–C–N with tert-alkyl or cyclic N) is 1. The van der Waals surface area contributed by atoms with Crippen molar-refractivity contribution < 1.29 is 24.2 Å². The van der Waals surface area contributed by atoms with E-state index in [1.807, 2.05) is 4.90 Å². The zero-order chi connectivity index (χ0) is 27.7. The SMILES string of the molecule is CNC(=O)[C@@H]1C[C@@H](O)CN1C(=O)[C@@H](N1CC(CN2CCN(C(C)=O)CC2)N[N+]12CCCCCC2)C(C)(C)C. The van der Waals surface area contributed by atoms with Gasteiger partial charge in [0.05, 0.1) is 18.7 Å². The van der Waals surface area contributed by atoms with Crippen molar-refractivity contribution in [2.24, 2.45) is 5.41 Å². The van der Waals surface area contributed by atoms with E-state index >= 15 is 0 Å². The van der Waals surface area contributed by atoms with Gasteiger partial charge in [-0.3, -0.25) is 19.3 Å². The fraction of sp³-hybridized carbons (Fsp3) is 0.889. The molecule has 11 heteroatoms. The molecule has 1 spiro atoms. The molecule has 0 bridgehead atoms. The van der Waals surface area contributed by atoms with Crippen LogP contribution in [0, 0.1) is 5.41 Å². The minimum Gasteiger partial charge on any atom is -0.391 e. The van der Waals surface area contributed by atoms with Crippen molar-refractivity contribution in [1.29, 1.82) is 0 Å². The summed E-state index contributed by atoms with van der Waals surface area (Å²) in [4.78, 5) is 44.8. The van der Waals surface area contributed by atoms with Crippen LogP contribution in [0.1, 0.15) is 59.8 Å². The van der Waals surface area contributed by atoms with Gasteiger partial charge >= 0.3 is 0 Å². The maximum absolute atomic E-state index is 14.4. The first kappa shape index (κ1) is 29.2. The van der Waals surface area contributed by atoms with E-state index in [1.165, 1.54) is 12.8 Å². The summed E-state index contributed by atoms with van der Waals surface area (Å²) < 4.78 is 0.604. The van der Waals surface area contributed by atoms with Crippen molar-refractivity contribution in [1.82, 2.24) is 30.5 Å². The van der Waals surface area contributed by atoms with E-state index < -0.39 is 18.2 Å². The Morgan fingerprint density at radius 2 is 1.66 bits per heavy atom. The number of nitrogens with one attached hydrogen (secondary N) is 2. The Bertz CT molecular complexity index is 862. The van der Waals surface area contributed by atoms with Gasteiger partial charge in [-0.25, -0.2) is 0 Å². The van der Waals surface area contributed by atoms with Gasteiger partial charge in [0.2, 0.25) is 17.7 Å². The van der Waals surface area contributed by atoms with E-state index in [0.717, 1.165) is 65.2 Å². The third-order valence-electron chi connectivity index (χ3n) is 8.89. The fourth-order valence-corrected chi connectivity index (χ4v) is 6.99. The molecule has 0 aromatic heterocycles. The van der Waals surface area contributed by atoms with E-state index in [9.17, 15) is 19.5 Å². The number of hydrogen-bond acceptors (Lipinski definition) is 7. The highest BCUT2D eigenvalue weighted by atomic mass is 16.3. The van der Waals surface area contributed by atoms with E-state index in [2.05, 4.69) is 41.4 Å². The highest BCUT2D eigenvalue weighted by Crippen LogP contribution is 2.36. The van der Waals surface area contributed by atoms with Gasteiger partial charge in [-0.15, -0.1) is 10.4 Å². The second-order valence-corrected chi connectivity index (χ2v) is 12.8. The predicted molar refractivity (Wildman–Crippen MR) is 144 cm³/mol. The second-order valence-electron chi connectivity index (χ2n) is 12.8. The highest BCUT2D eigenvalue weighted by Gasteiger charge is 2.56. The number of amides is 3. The van der Waals surface area contributed by atoms with Gasteiger partial charge in [-0.05, 0) is 18.3 Å². The van der Waals surface area contributed by atoms with Gasteiger partial charge in [0, 0.05) is 72.5 Å². The van der Waals surface area contributed by atoms with Crippen LogP contribution in [0.5, 0.6) is 0 Å². The molecule has 4 heterocycles. The smallest absolute Gasteiger partial charge is 0.246 e. The van der Waals surface area contributed by atoms with E-state index in [4.69, 9.17) is 0 Å². The number of carbonyl (C=O) groups excluding carboxylic acids is 3. The van der Waals surface area contributed by atoms with Crippen LogP contribution in [0.4, 0.5) is 0 Å². The van der Waals surface area contributed by atoms with Crippen LogP contribution in [0.15, 0.2) is 0 Å². The first-order valence-electron chi connectivity index (χ1n) is 14.5. The summed E-state index contributed by atoms with van der Waals surface area (Å²) in [5.74, 6) is -0.150. The van der Waals surface area contributed by atoms with Gasteiger partial charge in [-0.2, -0.15) is 4.70 Å². The van der Waals surface area contributed by atoms with Crippen LogP contribution >= 0.6 is 0 Å². The molecule has 4 aliphatic heterocycles. The molecular formula is C27H50N7O4+. The van der Waals surface area contributed by atoms with E-state index in [-0.39, 0.29) is 42.1 Å². The Morgan fingerprint density at radius 3 is 2.21 bits per heavy atom. The number of carbonyl (C=O) groups is 3. The van der Waals surface area contributed by atoms with E-state index in [0.29, 0.717) is 4.70 Å². The Kier molecular flexibility index (Phi) is 9.03. The minimum absolute atomic E-state index is 0.0677. The predicted octanol–water partition coefficient (Wildman–Crippen LogP) is -0.232. The quantitative estimate of drug-likeness (QED) is 0.417. The number of piperazine rings is 1. The number of likely N-dealkylation sites (tertiary alicyclic amines) is 1. The number of quaternary nitrogens is 1. The van der Waals surface area contributed by atoms with Crippen LogP contribution in [-0.4, -0.2) is 137 Å². The van der Waals surface area contributed by atoms with Crippen LogP contribution in [0.2, 0.25) is 0 Å². The van der Waals surface area contributed by atoms with Gasteiger partial charge in [0.15, 0.2) is 0 Å². The first-order chi connectivity index (χ1) is 17.9. The molecule has 1 unspecified atom stereocenters. The van der Waals surface area contributed by atoms with Crippen LogP contribution in [0.25, 0.3) is 0 Å². The van der Waals surface area contributed by atoms with Crippen molar-refractivity contribution in [2.45, 2.75) is 84.0 Å². The summed E-state index contributed by atoms with van der Waals surface area (Å²) in [5.41, 5.74) is 3.60. The van der Waals surface area contributed by atoms with Crippen molar-refractivity contribution in [2.75, 3.05) is 66.0 Å². The lowest BCUT2D eigenvalue weighted by atomic mass is 9.84. The summed E-state index contributed by atoms with van der Waals surface area (Å²) >= 11 is 0. The van der Waals surface area contributed by atoms with Gasteiger partial charge in [0.1, 0.15) is 25.2 Å². The number of aliphatic hydroxyl groups is 1.